The lowest BCUT2D eigenvalue weighted by Crippen LogP contribution is -2.35. The normalized spacial score (nSPS) is 15.4. The molecule has 0 spiro atoms. The molecule has 0 N–H and O–H groups in total. The summed E-state index contributed by atoms with van der Waals surface area (Å²) in [6.45, 7) is 4.04. The van der Waals surface area contributed by atoms with Gasteiger partial charge in [-0.2, -0.15) is 13.2 Å². The van der Waals surface area contributed by atoms with Crippen LogP contribution in [0.5, 0.6) is 5.75 Å². The first kappa shape index (κ1) is 20.0. The van der Waals surface area contributed by atoms with Gasteiger partial charge in [0.25, 0.3) is 0 Å². The third-order valence-corrected chi connectivity index (χ3v) is 5.40. The van der Waals surface area contributed by atoms with Crippen LogP contribution >= 0.6 is 0 Å². The maximum Gasteiger partial charge on any atom is 0.434 e. The Bertz CT molecular complexity index is 1100. The van der Waals surface area contributed by atoms with E-state index < -0.39 is 17.3 Å². The molecule has 1 aliphatic heterocycles. The number of methoxy groups -OCH3 is 1. The smallest absolute Gasteiger partial charge is 0.434 e. The second kappa shape index (κ2) is 6.90. The van der Waals surface area contributed by atoms with E-state index in [0.717, 1.165) is 29.4 Å². The van der Waals surface area contributed by atoms with E-state index in [4.69, 9.17) is 4.74 Å². The summed E-state index contributed by atoms with van der Waals surface area (Å²) in [6, 6.07) is 12.6. The van der Waals surface area contributed by atoms with E-state index in [9.17, 15) is 18.0 Å². The van der Waals surface area contributed by atoms with E-state index in [-0.39, 0.29) is 5.91 Å². The molecule has 1 aliphatic rings. The van der Waals surface area contributed by atoms with Crippen LogP contribution in [0.2, 0.25) is 0 Å². The summed E-state index contributed by atoms with van der Waals surface area (Å²) in [5.41, 5.74) is 1.24. The van der Waals surface area contributed by atoms with Crippen LogP contribution in [0.3, 0.4) is 0 Å². The van der Waals surface area contributed by atoms with Crippen molar-refractivity contribution in [3.05, 3.63) is 71.8 Å². The second-order valence-corrected chi connectivity index (χ2v) is 7.73. The van der Waals surface area contributed by atoms with E-state index in [1.165, 1.54) is 4.57 Å². The standard InChI is InChI=1S/C22H20F3N3O2/c1-21(2)17-9-6-15(27-12-19(26-13-27)22(23,24)25)10-18(17)28(20(21)29)11-14-4-7-16(30-3)8-5-14/h4-10,12-13H,11H2,1-3H3. The fraction of sp³-hybridized carbons (Fsp3) is 0.273. The highest BCUT2D eigenvalue weighted by Gasteiger charge is 2.44. The van der Waals surface area contributed by atoms with Crippen molar-refractivity contribution in [1.29, 1.82) is 0 Å². The Morgan fingerprint density at radius 1 is 1.10 bits per heavy atom. The van der Waals surface area contributed by atoms with E-state index in [1.54, 1.807) is 30.2 Å². The van der Waals surface area contributed by atoms with Gasteiger partial charge in [-0.05, 0) is 49.2 Å². The summed E-state index contributed by atoms with van der Waals surface area (Å²) in [6.07, 6.45) is -2.45. The summed E-state index contributed by atoms with van der Waals surface area (Å²) < 4.78 is 45.2. The largest absolute Gasteiger partial charge is 0.497 e. The average Bonchev–Trinajstić information content (AvgIpc) is 3.28. The number of amides is 1. The predicted octanol–water partition coefficient (Wildman–Crippen LogP) is 4.72. The topological polar surface area (TPSA) is 47.4 Å². The van der Waals surface area contributed by atoms with Crippen molar-refractivity contribution >= 4 is 11.6 Å². The van der Waals surface area contributed by atoms with Crippen LogP contribution in [-0.2, 0) is 22.9 Å². The van der Waals surface area contributed by atoms with Crippen LogP contribution in [0.4, 0.5) is 18.9 Å². The summed E-state index contributed by atoms with van der Waals surface area (Å²) in [5, 5.41) is 0. The van der Waals surface area contributed by atoms with Gasteiger partial charge in [0.15, 0.2) is 5.69 Å². The molecule has 0 radical (unpaired) electrons. The average molecular weight is 415 g/mol. The lowest BCUT2D eigenvalue weighted by Gasteiger charge is -2.20. The molecule has 1 amide bonds. The third kappa shape index (κ3) is 3.32. The number of aromatic nitrogens is 2. The molecular formula is C22H20F3N3O2. The third-order valence-electron chi connectivity index (χ3n) is 5.40. The molecule has 0 unspecified atom stereocenters. The molecule has 5 nitrogen and oxygen atoms in total. The number of alkyl halides is 3. The fourth-order valence-corrected chi connectivity index (χ4v) is 3.68. The number of nitrogens with zero attached hydrogens (tertiary/aromatic N) is 3. The van der Waals surface area contributed by atoms with Gasteiger partial charge < -0.3 is 14.2 Å². The number of rotatable bonds is 4. The Morgan fingerprint density at radius 2 is 1.80 bits per heavy atom. The maximum atomic E-state index is 13.1. The van der Waals surface area contributed by atoms with Crippen molar-refractivity contribution in [2.75, 3.05) is 12.0 Å². The number of imidazole rings is 1. The van der Waals surface area contributed by atoms with Crippen molar-refractivity contribution in [3.8, 4) is 11.4 Å². The van der Waals surface area contributed by atoms with Crippen molar-refractivity contribution in [2.45, 2.75) is 32.0 Å². The minimum absolute atomic E-state index is 0.0629. The molecule has 2 heterocycles. The first-order valence-corrected chi connectivity index (χ1v) is 9.32. The lowest BCUT2D eigenvalue weighted by atomic mass is 9.86. The summed E-state index contributed by atoms with van der Waals surface area (Å²) in [4.78, 5) is 18.2. The SMILES string of the molecule is COc1ccc(CN2C(=O)C(C)(C)c3ccc(-n4cnc(C(F)(F)F)c4)cc32)cc1. The molecule has 2 aromatic carbocycles. The molecule has 4 rings (SSSR count). The Kier molecular flexibility index (Phi) is 4.60. The number of benzene rings is 2. The van der Waals surface area contributed by atoms with Crippen molar-refractivity contribution < 1.29 is 22.7 Å². The van der Waals surface area contributed by atoms with E-state index >= 15 is 0 Å². The number of ether oxygens (including phenoxy) is 1. The van der Waals surface area contributed by atoms with Crippen LogP contribution in [0.15, 0.2) is 55.0 Å². The molecule has 0 fully saturated rings. The Morgan fingerprint density at radius 3 is 2.40 bits per heavy atom. The van der Waals surface area contributed by atoms with Gasteiger partial charge in [0.2, 0.25) is 5.91 Å². The molecule has 0 saturated heterocycles. The van der Waals surface area contributed by atoms with Gasteiger partial charge >= 0.3 is 6.18 Å². The molecule has 156 valence electrons. The number of fused-ring (bicyclic) bond motifs is 1. The van der Waals surface area contributed by atoms with Gasteiger partial charge in [-0.3, -0.25) is 4.79 Å². The number of hydrogen-bond donors (Lipinski definition) is 0. The highest BCUT2D eigenvalue weighted by Crippen LogP contribution is 2.43. The fourth-order valence-electron chi connectivity index (χ4n) is 3.68. The quantitative estimate of drug-likeness (QED) is 0.619. The van der Waals surface area contributed by atoms with Crippen molar-refractivity contribution in [1.82, 2.24) is 9.55 Å². The molecule has 3 aromatic rings. The number of carbonyl (C=O) groups is 1. The Hall–Kier alpha value is -3.29. The van der Waals surface area contributed by atoms with Crippen LogP contribution in [0, 0.1) is 0 Å². The Balaban J connectivity index is 1.72. The summed E-state index contributed by atoms with van der Waals surface area (Å²) in [5.74, 6) is 0.655. The van der Waals surface area contributed by atoms with E-state index in [0.29, 0.717) is 17.9 Å². The highest BCUT2D eigenvalue weighted by atomic mass is 19.4. The maximum absolute atomic E-state index is 13.1. The van der Waals surface area contributed by atoms with Crippen LogP contribution in [0.25, 0.3) is 5.69 Å². The molecule has 1 aromatic heterocycles. The van der Waals surface area contributed by atoms with Gasteiger partial charge in [0.1, 0.15) is 5.75 Å². The summed E-state index contributed by atoms with van der Waals surface area (Å²) >= 11 is 0. The van der Waals surface area contributed by atoms with Crippen LogP contribution in [0.1, 0.15) is 30.7 Å². The highest BCUT2D eigenvalue weighted by molar-refractivity contribution is 6.07. The van der Waals surface area contributed by atoms with Gasteiger partial charge in [-0.15, -0.1) is 0 Å². The second-order valence-electron chi connectivity index (χ2n) is 7.73. The molecule has 30 heavy (non-hydrogen) atoms. The van der Waals surface area contributed by atoms with Crippen LogP contribution < -0.4 is 9.64 Å². The zero-order valence-electron chi connectivity index (χ0n) is 16.7. The molecule has 0 bridgehead atoms. The molecular weight excluding hydrogens is 395 g/mol. The minimum atomic E-state index is -4.51. The van der Waals surface area contributed by atoms with E-state index in [2.05, 4.69) is 4.98 Å². The lowest BCUT2D eigenvalue weighted by molar-refractivity contribution is -0.140. The first-order chi connectivity index (χ1) is 14.1. The van der Waals surface area contributed by atoms with Gasteiger partial charge in [-0.1, -0.05) is 18.2 Å². The van der Waals surface area contributed by atoms with Gasteiger partial charge in [0.05, 0.1) is 31.1 Å². The summed E-state index contributed by atoms with van der Waals surface area (Å²) in [7, 11) is 1.58. The van der Waals surface area contributed by atoms with Crippen molar-refractivity contribution in [3.63, 3.8) is 0 Å². The van der Waals surface area contributed by atoms with Gasteiger partial charge in [-0.25, -0.2) is 4.98 Å². The monoisotopic (exact) mass is 415 g/mol. The number of halogens is 3. The molecule has 8 heteroatoms. The zero-order chi connectivity index (χ0) is 21.7. The number of hydrogen-bond acceptors (Lipinski definition) is 3. The predicted molar refractivity (Wildman–Crippen MR) is 106 cm³/mol. The van der Waals surface area contributed by atoms with Gasteiger partial charge in [0, 0.05) is 11.9 Å². The molecule has 0 saturated carbocycles. The minimum Gasteiger partial charge on any atom is -0.497 e. The Labute approximate surface area is 171 Å². The van der Waals surface area contributed by atoms with Crippen LogP contribution in [-0.4, -0.2) is 22.6 Å². The zero-order valence-corrected chi connectivity index (χ0v) is 16.7. The van der Waals surface area contributed by atoms with Crippen molar-refractivity contribution in [2.24, 2.45) is 0 Å². The van der Waals surface area contributed by atoms with E-state index in [1.807, 2.05) is 38.1 Å². The number of anilines is 1. The first-order valence-electron chi connectivity index (χ1n) is 9.32. The number of carbonyl (C=O) groups excluding carboxylic acids is 1. The molecule has 0 atom stereocenters. The molecule has 0 aliphatic carbocycles.